The van der Waals surface area contributed by atoms with Gasteiger partial charge in [0.2, 0.25) is 5.91 Å². The number of phosphoric acid groups is 1. The molecule has 0 aromatic rings. The molecule has 1 rings (SSSR count). The predicted molar refractivity (Wildman–Crippen MR) is 78.1 cm³/mol. The van der Waals surface area contributed by atoms with Crippen LogP contribution in [0.1, 0.15) is 47.5 Å². The average Bonchev–Trinajstić information content (AvgIpc) is 2.08. The molecule has 0 bridgehead atoms. The van der Waals surface area contributed by atoms with Crippen LogP contribution in [-0.2, 0) is 14.2 Å². The smallest absolute Gasteiger partial charge is 0.353 e. The summed E-state index contributed by atoms with van der Waals surface area (Å²) in [6.45, 7) is 10.2. The first-order valence-corrected chi connectivity index (χ1v) is 8.15. The Morgan fingerprint density at radius 3 is 1.76 bits per heavy atom. The summed E-state index contributed by atoms with van der Waals surface area (Å²) in [4.78, 5) is 38.2. The number of hydrogen-bond acceptors (Lipinski definition) is 4. The Hall–Kier alpha value is -0.500. The molecule has 0 aromatic carbocycles. The van der Waals surface area contributed by atoms with Crippen molar-refractivity contribution < 1.29 is 28.9 Å². The van der Waals surface area contributed by atoms with Gasteiger partial charge in [0.25, 0.3) is 0 Å². The van der Waals surface area contributed by atoms with Crippen LogP contribution in [0.4, 0.5) is 0 Å². The van der Waals surface area contributed by atoms with Gasteiger partial charge in [-0.15, -0.1) is 0 Å². The number of amides is 1. The average molecular weight is 326 g/mol. The van der Waals surface area contributed by atoms with Crippen LogP contribution in [0.5, 0.6) is 0 Å². The van der Waals surface area contributed by atoms with Crippen LogP contribution in [-0.4, -0.2) is 49.9 Å². The van der Waals surface area contributed by atoms with Gasteiger partial charge in [0.05, 0.1) is 7.11 Å². The van der Waals surface area contributed by atoms with Gasteiger partial charge in [-0.1, -0.05) is 0 Å². The lowest BCUT2D eigenvalue weighted by molar-refractivity contribution is -0.267. The summed E-state index contributed by atoms with van der Waals surface area (Å²) in [5, 5.41) is 5.06. The summed E-state index contributed by atoms with van der Waals surface area (Å²) in [6, 6.07) is 0.230. The van der Waals surface area contributed by atoms with Gasteiger partial charge in [-0.3, -0.25) is 4.79 Å². The van der Waals surface area contributed by atoms with Crippen LogP contribution >= 0.6 is 7.82 Å². The van der Waals surface area contributed by atoms with Crippen LogP contribution in [0, 0.1) is 0 Å². The van der Waals surface area contributed by atoms with Gasteiger partial charge < -0.3 is 24.8 Å². The molecule has 0 spiro atoms. The van der Waals surface area contributed by atoms with Gasteiger partial charge in [-0.05, 0) is 40.5 Å². The molecule has 1 aliphatic heterocycles. The van der Waals surface area contributed by atoms with E-state index in [1.54, 1.807) is 14.0 Å². The van der Waals surface area contributed by atoms with Crippen molar-refractivity contribution in [2.24, 2.45) is 0 Å². The third-order valence-corrected chi connectivity index (χ3v) is 3.18. The van der Waals surface area contributed by atoms with Crippen molar-refractivity contribution in [1.82, 2.24) is 10.4 Å². The van der Waals surface area contributed by atoms with Gasteiger partial charge in [0, 0.05) is 24.0 Å². The van der Waals surface area contributed by atoms with E-state index in [4.69, 9.17) is 24.1 Å². The number of nitrogens with one attached hydrogen (secondary N) is 1. The van der Waals surface area contributed by atoms with Gasteiger partial charge in [-0.25, -0.2) is 4.57 Å². The molecule has 1 fully saturated rings. The monoisotopic (exact) mass is 326 g/mol. The van der Waals surface area contributed by atoms with Crippen LogP contribution < -0.4 is 5.32 Å². The summed E-state index contributed by atoms with van der Waals surface area (Å²) in [7, 11) is -2.93. The Morgan fingerprint density at radius 2 is 1.52 bits per heavy atom. The molecule has 1 amide bonds. The minimum Gasteiger partial charge on any atom is -0.353 e. The standard InChI is InChI=1S/C12H24N2O2.H3O4P/c1-9(15)13-10-7-11(2,3)14(16-6)12(4,5)8-10;1-5(2,3)4/h10H,7-8H2,1-6H3,(H,13,15);(H3,1,2,3,4). The number of carbonyl (C=O) groups is 1. The predicted octanol–water partition coefficient (Wildman–Crippen LogP) is 0.777. The van der Waals surface area contributed by atoms with E-state index in [1.807, 2.05) is 5.06 Å². The van der Waals surface area contributed by atoms with E-state index in [-0.39, 0.29) is 23.0 Å². The third kappa shape index (κ3) is 7.90. The van der Waals surface area contributed by atoms with Gasteiger partial charge in [0.1, 0.15) is 0 Å². The molecule has 126 valence electrons. The van der Waals surface area contributed by atoms with E-state index in [2.05, 4.69) is 33.0 Å². The van der Waals surface area contributed by atoms with Crippen molar-refractivity contribution in [1.29, 1.82) is 0 Å². The number of nitrogens with zero attached hydrogens (tertiary/aromatic N) is 1. The van der Waals surface area contributed by atoms with Crippen molar-refractivity contribution in [2.45, 2.75) is 64.6 Å². The molecule has 0 aromatic heterocycles. The Labute approximate surface area is 125 Å². The topological polar surface area (TPSA) is 119 Å². The van der Waals surface area contributed by atoms with Crippen molar-refractivity contribution in [3.8, 4) is 0 Å². The maximum absolute atomic E-state index is 11.1. The van der Waals surface area contributed by atoms with Crippen LogP contribution in [0.3, 0.4) is 0 Å². The summed E-state index contributed by atoms with van der Waals surface area (Å²) in [5.74, 6) is 0.0440. The molecule has 21 heavy (non-hydrogen) atoms. The molecule has 0 radical (unpaired) electrons. The number of piperidine rings is 1. The van der Waals surface area contributed by atoms with Crippen molar-refractivity contribution in [3.63, 3.8) is 0 Å². The minimum atomic E-state index is -4.64. The van der Waals surface area contributed by atoms with E-state index in [1.165, 1.54) is 0 Å². The first kappa shape index (κ1) is 20.5. The second-order valence-electron chi connectivity index (χ2n) is 6.42. The molecule has 4 N–H and O–H groups in total. The molecule has 0 aliphatic carbocycles. The lowest BCUT2D eigenvalue weighted by Crippen LogP contribution is -2.63. The second-order valence-corrected chi connectivity index (χ2v) is 7.45. The number of hydroxylamine groups is 2. The Morgan fingerprint density at radius 1 is 1.19 bits per heavy atom. The Balaban J connectivity index is 0.000000690. The largest absolute Gasteiger partial charge is 0.466 e. The van der Waals surface area contributed by atoms with E-state index >= 15 is 0 Å². The van der Waals surface area contributed by atoms with E-state index < -0.39 is 7.82 Å². The molecule has 0 saturated carbocycles. The molecule has 1 saturated heterocycles. The molecule has 1 heterocycles. The van der Waals surface area contributed by atoms with E-state index in [9.17, 15) is 4.79 Å². The van der Waals surface area contributed by atoms with Crippen LogP contribution in [0.2, 0.25) is 0 Å². The molecular weight excluding hydrogens is 299 g/mol. The van der Waals surface area contributed by atoms with Crippen LogP contribution in [0.25, 0.3) is 0 Å². The zero-order valence-corrected chi connectivity index (χ0v) is 14.3. The zero-order chi connectivity index (χ0) is 17.1. The van der Waals surface area contributed by atoms with Crippen molar-refractivity contribution in [3.05, 3.63) is 0 Å². The normalized spacial score (nSPS) is 22.1. The quantitative estimate of drug-likeness (QED) is 0.553. The van der Waals surface area contributed by atoms with E-state index in [0.717, 1.165) is 12.8 Å². The summed E-state index contributed by atoms with van der Waals surface area (Å²) < 4.78 is 8.88. The van der Waals surface area contributed by atoms with Crippen molar-refractivity contribution >= 4 is 13.7 Å². The maximum atomic E-state index is 11.1. The van der Waals surface area contributed by atoms with E-state index in [0.29, 0.717) is 0 Å². The second kappa shape index (κ2) is 7.17. The Kier molecular flexibility index (Phi) is 7.00. The fraction of sp³-hybridized carbons (Fsp3) is 0.917. The molecule has 0 unspecified atom stereocenters. The zero-order valence-electron chi connectivity index (χ0n) is 13.5. The SMILES string of the molecule is CON1C(C)(C)CC(NC(C)=O)CC1(C)C.O=P(O)(O)O. The maximum Gasteiger partial charge on any atom is 0.466 e. The third-order valence-electron chi connectivity index (χ3n) is 3.18. The van der Waals surface area contributed by atoms with Crippen molar-refractivity contribution in [2.75, 3.05) is 7.11 Å². The fourth-order valence-electron chi connectivity index (χ4n) is 3.15. The molecule has 9 heteroatoms. The number of hydrogen-bond donors (Lipinski definition) is 4. The first-order valence-electron chi connectivity index (χ1n) is 6.59. The molecule has 8 nitrogen and oxygen atoms in total. The van der Waals surface area contributed by atoms with Gasteiger partial charge >= 0.3 is 7.82 Å². The Bertz CT molecular complexity index is 380. The van der Waals surface area contributed by atoms with Gasteiger partial charge in [-0.2, -0.15) is 5.06 Å². The van der Waals surface area contributed by atoms with Gasteiger partial charge in [0.15, 0.2) is 0 Å². The molecular formula is C12H27N2O6P. The minimum absolute atomic E-state index is 0.0440. The number of rotatable bonds is 2. The molecule has 1 aliphatic rings. The summed E-state index contributed by atoms with van der Waals surface area (Å²) in [5.41, 5.74) is -0.132. The highest BCUT2D eigenvalue weighted by Crippen LogP contribution is 2.38. The summed E-state index contributed by atoms with van der Waals surface area (Å²) in [6.07, 6.45) is 1.81. The fourth-order valence-corrected chi connectivity index (χ4v) is 3.15. The highest BCUT2D eigenvalue weighted by Gasteiger charge is 2.46. The highest BCUT2D eigenvalue weighted by atomic mass is 31.2. The number of carbonyl (C=O) groups excluding carboxylic acids is 1. The summed E-state index contributed by atoms with van der Waals surface area (Å²) >= 11 is 0. The lowest BCUT2D eigenvalue weighted by atomic mass is 9.79. The lowest BCUT2D eigenvalue weighted by Gasteiger charge is -2.53. The highest BCUT2D eigenvalue weighted by molar-refractivity contribution is 7.45. The first-order chi connectivity index (χ1) is 9.19. The van der Waals surface area contributed by atoms with Crippen LogP contribution in [0.15, 0.2) is 0 Å². The molecule has 0 atom stereocenters.